The first kappa shape index (κ1) is 8.87. The molecule has 0 bridgehead atoms. The van der Waals surface area contributed by atoms with Crippen molar-refractivity contribution in [1.82, 2.24) is 14.6 Å². The number of rotatable bonds is 1. The second-order valence-corrected chi connectivity index (χ2v) is 3.39. The lowest BCUT2D eigenvalue weighted by atomic mass is 10.2. The maximum atomic E-state index is 11.2. The van der Waals surface area contributed by atoms with Crippen LogP contribution >= 0.6 is 0 Å². The highest BCUT2D eigenvalue weighted by atomic mass is 16.1. The van der Waals surface area contributed by atoms with Crippen molar-refractivity contribution in [2.24, 2.45) is 0 Å². The van der Waals surface area contributed by atoms with Gasteiger partial charge < -0.3 is 0 Å². The van der Waals surface area contributed by atoms with Crippen molar-refractivity contribution in [3.8, 4) is 0 Å². The molecule has 0 aliphatic heterocycles. The highest BCUT2D eigenvalue weighted by Crippen LogP contribution is 2.11. The Kier molecular flexibility index (Phi) is 1.84. The minimum Gasteiger partial charge on any atom is -0.294 e. The first-order valence-corrected chi connectivity index (χ1v) is 4.42. The molecule has 2 rings (SSSR count). The Morgan fingerprint density at radius 1 is 1.43 bits per heavy atom. The van der Waals surface area contributed by atoms with Crippen LogP contribution in [0.5, 0.6) is 0 Å². The number of Topliss-reactive ketones (excluding diaryl/α,β-unsaturated/α-hetero) is 1. The summed E-state index contributed by atoms with van der Waals surface area (Å²) in [5, 5.41) is 4.08. The van der Waals surface area contributed by atoms with Crippen LogP contribution in [0.2, 0.25) is 0 Å². The van der Waals surface area contributed by atoms with Gasteiger partial charge in [0.2, 0.25) is 0 Å². The Balaban J connectivity index is 2.80. The number of carbonyl (C=O) groups is 1. The molecule has 2 heterocycles. The third-order valence-electron chi connectivity index (χ3n) is 2.31. The quantitative estimate of drug-likeness (QED) is 0.639. The lowest BCUT2D eigenvalue weighted by Gasteiger charge is -2.00. The molecule has 0 saturated heterocycles. The Morgan fingerprint density at radius 2 is 2.14 bits per heavy atom. The Hall–Kier alpha value is -1.71. The van der Waals surface area contributed by atoms with Gasteiger partial charge in [0.05, 0.1) is 11.8 Å². The molecule has 0 radical (unpaired) electrons. The fourth-order valence-electron chi connectivity index (χ4n) is 1.33. The molecule has 14 heavy (non-hydrogen) atoms. The summed E-state index contributed by atoms with van der Waals surface area (Å²) < 4.78 is 1.64. The first-order valence-electron chi connectivity index (χ1n) is 4.42. The van der Waals surface area contributed by atoms with Gasteiger partial charge in [-0.3, -0.25) is 4.79 Å². The van der Waals surface area contributed by atoms with Crippen LogP contribution in [0, 0.1) is 13.8 Å². The van der Waals surface area contributed by atoms with E-state index in [0.717, 1.165) is 11.3 Å². The lowest BCUT2D eigenvalue weighted by Crippen LogP contribution is -1.98. The van der Waals surface area contributed by atoms with Gasteiger partial charge in [0.15, 0.2) is 11.4 Å². The SMILES string of the molecule is CC(=O)c1cnn2cc(C)c(C)nc12. The zero-order valence-corrected chi connectivity index (χ0v) is 8.40. The Labute approximate surface area is 81.6 Å². The number of hydrogen-bond donors (Lipinski definition) is 0. The second kappa shape index (κ2) is 2.90. The highest BCUT2D eigenvalue weighted by Gasteiger charge is 2.10. The van der Waals surface area contributed by atoms with Crippen molar-refractivity contribution in [3.05, 3.63) is 29.2 Å². The maximum Gasteiger partial charge on any atom is 0.166 e. The number of hydrogen-bond acceptors (Lipinski definition) is 3. The van der Waals surface area contributed by atoms with Crippen LogP contribution in [-0.4, -0.2) is 20.4 Å². The molecular formula is C10H11N3O. The van der Waals surface area contributed by atoms with E-state index in [4.69, 9.17) is 0 Å². The third-order valence-corrected chi connectivity index (χ3v) is 2.31. The summed E-state index contributed by atoms with van der Waals surface area (Å²) in [7, 11) is 0. The van der Waals surface area contributed by atoms with E-state index in [0.29, 0.717) is 11.2 Å². The molecule has 0 fully saturated rings. The minimum absolute atomic E-state index is 0.00393. The molecule has 0 unspecified atom stereocenters. The van der Waals surface area contributed by atoms with E-state index in [2.05, 4.69) is 10.1 Å². The third kappa shape index (κ3) is 1.19. The first-order chi connectivity index (χ1) is 6.59. The number of ketones is 1. The molecule has 0 aliphatic rings. The average Bonchev–Trinajstić information content (AvgIpc) is 2.48. The number of aromatic nitrogens is 3. The molecule has 0 aliphatic carbocycles. The van der Waals surface area contributed by atoms with Gasteiger partial charge in [-0.05, 0) is 26.3 Å². The van der Waals surface area contributed by atoms with E-state index < -0.39 is 0 Å². The molecular weight excluding hydrogens is 178 g/mol. The van der Waals surface area contributed by atoms with E-state index in [-0.39, 0.29) is 5.78 Å². The summed E-state index contributed by atoms with van der Waals surface area (Å²) in [6.45, 7) is 5.41. The minimum atomic E-state index is -0.00393. The number of aryl methyl sites for hydroxylation is 2. The summed E-state index contributed by atoms with van der Waals surface area (Å²) in [6, 6.07) is 0. The van der Waals surface area contributed by atoms with E-state index in [9.17, 15) is 4.79 Å². The Bertz CT molecular complexity index is 513. The van der Waals surface area contributed by atoms with Gasteiger partial charge in [-0.15, -0.1) is 0 Å². The normalized spacial score (nSPS) is 10.8. The molecule has 2 aromatic rings. The van der Waals surface area contributed by atoms with E-state index in [1.807, 2.05) is 20.0 Å². The van der Waals surface area contributed by atoms with Gasteiger partial charge in [-0.1, -0.05) is 0 Å². The van der Waals surface area contributed by atoms with Crippen molar-refractivity contribution in [3.63, 3.8) is 0 Å². The van der Waals surface area contributed by atoms with Crippen molar-refractivity contribution in [2.75, 3.05) is 0 Å². The predicted molar refractivity (Wildman–Crippen MR) is 52.5 cm³/mol. The monoisotopic (exact) mass is 189 g/mol. The van der Waals surface area contributed by atoms with E-state index in [1.165, 1.54) is 6.92 Å². The summed E-state index contributed by atoms with van der Waals surface area (Å²) in [4.78, 5) is 15.6. The van der Waals surface area contributed by atoms with Gasteiger partial charge in [-0.25, -0.2) is 9.50 Å². The topological polar surface area (TPSA) is 47.3 Å². The molecule has 2 aromatic heterocycles. The van der Waals surface area contributed by atoms with E-state index in [1.54, 1.807) is 10.7 Å². The summed E-state index contributed by atoms with van der Waals surface area (Å²) in [5.41, 5.74) is 3.21. The summed E-state index contributed by atoms with van der Waals surface area (Å²) in [5.74, 6) is -0.00393. The molecule has 72 valence electrons. The largest absolute Gasteiger partial charge is 0.294 e. The second-order valence-electron chi connectivity index (χ2n) is 3.39. The standard InChI is InChI=1S/C10H11N3O/c1-6-5-13-10(12-7(6)2)9(4-11-13)8(3)14/h4-5H,1-3H3. The molecule has 0 atom stereocenters. The van der Waals surface area contributed by atoms with Crippen molar-refractivity contribution in [1.29, 1.82) is 0 Å². The lowest BCUT2D eigenvalue weighted by molar-refractivity contribution is 0.101. The summed E-state index contributed by atoms with van der Waals surface area (Å²) in [6.07, 6.45) is 3.44. The zero-order chi connectivity index (χ0) is 10.3. The molecule has 4 nitrogen and oxygen atoms in total. The molecule has 0 aromatic carbocycles. The molecule has 0 spiro atoms. The fraction of sp³-hybridized carbons (Fsp3) is 0.300. The number of nitrogens with zero attached hydrogens (tertiary/aromatic N) is 3. The van der Waals surface area contributed by atoms with E-state index >= 15 is 0 Å². The highest BCUT2D eigenvalue weighted by molar-refractivity contribution is 5.99. The zero-order valence-electron chi connectivity index (χ0n) is 8.40. The molecule has 4 heteroatoms. The molecule has 0 saturated carbocycles. The predicted octanol–water partition coefficient (Wildman–Crippen LogP) is 1.55. The van der Waals surface area contributed by atoms with Gasteiger partial charge in [0.25, 0.3) is 0 Å². The van der Waals surface area contributed by atoms with Crippen LogP contribution in [0.4, 0.5) is 0 Å². The van der Waals surface area contributed by atoms with Gasteiger partial charge in [0.1, 0.15) is 0 Å². The van der Waals surface area contributed by atoms with Crippen LogP contribution < -0.4 is 0 Å². The Morgan fingerprint density at radius 3 is 2.79 bits per heavy atom. The van der Waals surface area contributed by atoms with Crippen LogP contribution in [0.1, 0.15) is 28.5 Å². The van der Waals surface area contributed by atoms with Gasteiger partial charge >= 0.3 is 0 Å². The van der Waals surface area contributed by atoms with Gasteiger partial charge in [0, 0.05) is 11.9 Å². The van der Waals surface area contributed by atoms with Crippen molar-refractivity contribution < 1.29 is 4.79 Å². The average molecular weight is 189 g/mol. The van der Waals surface area contributed by atoms with Crippen LogP contribution in [0.15, 0.2) is 12.4 Å². The number of carbonyl (C=O) groups excluding carboxylic acids is 1. The van der Waals surface area contributed by atoms with Crippen LogP contribution in [-0.2, 0) is 0 Å². The molecule has 0 amide bonds. The van der Waals surface area contributed by atoms with Crippen LogP contribution in [0.3, 0.4) is 0 Å². The van der Waals surface area contributed by atoms with Crippen LogP contribution in [0.25, 0.3) is 5.65 Å². The smallest absolute Gasteiger partial charge is 0.166 e. The van der Waals surface area contributed by atoms with Gasteiger partial charge in [-0.2, -0.15) is 5.10 Å². The molecule has 0 N–H and O–H groups in total. The fourth-order valence-corrected chi connectivity index (χ4v) is 1.33. The van der Waals surface area contributed by atoms with Crippen molar-refractivity contribution in [2.45, 2.75) is 20.8 Å². The van der Waals surface area contributed by atoms with Crippen molar-refractivity contribution >= 4 is 11.4 Å². The maximum absolute atomic E-state index is 11.2. The number of fused-ring (bicyclic) bond motifs is 1. The summed E-state index contributed by atoms with van der Waals surface area (Å²) >= 11 is 0.